The van der Waals surface area contributed by atoms with Crippen molar-refractivity contribution in [3.8, 4) is 0 Å². The molecule has 1 spiro atoms. The van der Waals surface area contributed by atoms with E-state index in [-0.39, 0.29) is 0 Å². The predicted octanol–water partition coefficient (Wildman–Crippen LogP) is 2.75. The molecule has 0 aromatic carbocycles. The summed E-state index contributed by atoms with van der Waals surface area (Å²) in [6, 6.07) is 0. The number of hydrogen-bond donors (Lipinski definition) is 1. The molecule has 1 nitrogen and oxygen atoms in total. The zero-order chi connectivity index (χ0) is 9.31. The lowest BCUT2D eigenvalue weighted by molar-refractivity contribution is 0.221. The van der Waals surface area contributed by atoms with Crippen LogP contribution < -0.4 is 0 Å². The Morgan fingerprint density at radius 3 is 2.46 bits per heavy atom. The average Bonchev–Trinajstić information content (AvgIpc) is 2.74. The second-order valence-electron chi connectivity index (χ2n) is 4.71. The van der Waals surface area contributed by atoms with Gasteiger partial charge in [-0.05, 0) is 36.5 Å². The third-order valence-electron chi connectivity index (χ3n) is 4.26. The van der Waals surface area contributed by atoms with Gasteiger partial charge in [0, 0.05) is 6.61 Å². The molecule has 2 aliphatic rings. The number of hydrogen-bond acceptors (Lipinski definition) is 1. The van der Waals surface area contributed by atoms with E-state index in [4.69, 9.17) is 0 Å². The van der Waals surface area contributed by atoms with Gasteiger partial charge in [0.05, 0.1) is 0 Å². The molecule has 0 bridgehead atoms. The molecule has 0 heterocycles. The topological polar surface area (TPSA) is 20.2 Å². The Morgan fingerprint density at radius 2 is 1.92 bits per heavy atom. The van der Waals surface area contributed by atoms with E-state index in [2.05, 4.69) is 6.58 Å². The van der Waals surface area contributed by atoms with Crippen LogP contribution in [-0.4, -0.2) is 11.7 Å². The van der Waals surface area contributed by atoms with Gasteiger partial charge in [-0.15, -0.1) is 6.58 Å². The van der Waals surface area contributed by atoms with Crippen LogP contribution in [0, 0.1) is 17.3 Å². The fourth-order valence-electron chi connectivity index (χ4n) is 3.51. The zero-order valence-electron chi connectivity index (χ0n) is 8.34. The molecule has 2 atom stereocenters. The van der Waals surface area contributed by atoms with Gasteiger partial charge in [0.2, 0.25) is 0 Å². The van der Waals surface area contributed by atoms with E-state index >= 15 is 0 Å². The summed E-state index contributed by atoms with van der Waals surface area (Å²) in [4.78, 5) is 0. The molecule has 2 fully saturated rings. The zero-order valence-corrected chi connectivity index (χ0v) is 8.34. The van der Waals surface area contributed by atoms with Crippen molar-refractivity contribution in [3.05, 3.63) is 12.7 Å². The highest BCUT2D eigenvalue weighted by Gasteiger charge is 2.62. The first kappa shape index (κ1) is 9.26. The average molecular weight is 180 g/mol. The highest BCUT2D eigenvalue weighted by Crippen LogP contribution is 2.67. The van der Waals surface area contributed by atoms with Gasteiger partial charge in [0.15, 0.2) is 0 Å². The molecule has 0 unspecified atom stereocenters. The summed E-state index contributed by atoms with van der Waals surface area (Å²) in [6.45, 7) is 4.21. The standard InChI is InChI=1S/C12H20O/c1-2-6-10-11(9-13)12(10)7-4-3-5-8-12/h2,10-11,13H,1,3-9H2/t10-,11-/m0/s1. The first-order valence-corrected chi connectivity index (χ1v) is 5.57. The quantitative estimate of drug-likeness (QED) is 0.662. The molecule has 0 radical (unpaired) electrons. The van der Waals surface area contributed by atoms with Crippen LogP contribution in [-0.2, 0) is 0 Å². The molecule has 0 saturated heterocycles. The minimum atomic E-state index is 0.401. The summed E-state index contributed by atoms with van der Waals surface area (Å²) in [6.07, 6.45) is 10.0. The van der Waals surface area contributed by atoms with Crippen molar-refractivity contribution in [1.82, 2.24) is 0 Å². The molecule has 0 aromatic heterocycles. The third-order valence-corrected chi connectivity index (χ3v) is 4.26. The fourth-order valence-corrected chi connectivity index (χ4v) is 3.51. The molecule has 1 N–H and O–H groups in total. The summed E-state index contributed by atoms with van der Waals surface area (Å²) in [5.41, 5.74) is 0.543. The Bertz CT molecular complexity index is 191. The largest absolute Gasteiger partial charge is 0.396 e. The van der Waals surface area contributed by atoms with E-state index < -0.39 is 0 Å². The molecule has 1 heteroatoms. The maximum atomic E-state index is 9.29. The van der Waals surface area contributed by atoms with Crippen molar-refractivity contribution in [1.29, 1.82) is 0 Å². The smallest absolute Gasteiger partial charge is 0.0467 e. The minimum absolute atomic E-state index is 0.401. The highest BCUT2D eigenvalue weighted by atomic mass is 16.3. The van der Waals surface area contributed by atoms with Crippen LogP contribution in [0.2, 0.25) is 0 Å². The lowest BCUT2D eigenvalue weighted by Crippen LogP contribution is -2.12. The Morgan fingerprint density at radius 1 is 1.23 bits per heavy atom. The van der Waals surface area contributed by atoms with Crippen LogP contribution in [0.5, 0.6) is 0 Å². The molecule has 2 rings (SSSR count). The van der Waals surface area contributed by atoms with E-state index in [1.165, 1.54) is 32.1 Å². The van der Waals surface area contributed by atoms with E-state index in [1.807, 2.05) is 6.08 Å². The molecule has 0 aromatic rings. The van der Waals surface area contributed by atoms with Crippen LogP contribution in [0.25, 0.3) is 0 Å². The lowest BCUT2D eigenvalue weighted by atomic mass is 9.83. The Kier molecular flexibility index (Phi) is 2.46. The fraction of sp³-hybridized carbons (Fsp3) is 0.833. The summed E-state index contributed by atoms with van der Waals surface area (Å²) in [5.74, 6) is 1.36. The minimum Gasteiger partial charge on any atom is -0.396 e. The van der Waals surface area contributed by atoms with E-state index in [0.29, 0.717) is 17.9 Å². The van der Waals surface area contributed by atoms with Crippen LogP contribution >= 0.6 is 0 Å². The normalized spacial score (nSPS) is 36.1. The van der Waals surface area contributed by atoms with Gasteiger partial charge in [0.25, 0.3) is 0 Å². The monoisotopic (exact) mass is 180 g/mol. The molecule has 0 amide bonds. The summed E-state index contributed by atoms with van der Waals surface area (Å²) >= 11 is 0. The van der Waals surface area contributed by atoms with Crippen molar-refractivity contribution in [2.45, 2.75) is 38.5 Å². The molecule has 2 saturated carbocycles. The predicted molar refractivity (Wildman–Crippen MR) is 54.4 cm³/mol. The van der Waals surface area contributed by atoms with Crippen molar-refractivity contribution in [3.63, 3.8) is 0 Å². The number of rotatable bonds is 3. The van der Waals surface area contributed by atoms with Gasteiger partial charge in [-0.25, -0.2) is 0 Å². The summed E-state index contributed by atoms with van der Waals surface area (Å²) in [5, 5.41) is 9.29. The van der Waals surface area contributed by atoms with Gasteiger partial charge in [-0.1, -0.05) is 25.3 Å². The Balaban J connectivity index is 2.01. The second kappa shape index (κ2) is 3.45. The van der Waals surface area contributed by atoms with Crippen LogP contribution in [0.1, 0.15) is 38.5 Å². The second-order valence-corrected chi connectivity index (χ2v) is 4.71. The van der Waals surface area contributed by atoms with Gasteiger partial charge in [0.1, 0.15) is 0 Å². The van der Waals surface area contributed by atoms with Gasteiger partial charge in [-0.2, -0.15) is 0 Å². The van der Waals surface area contributed by atoms with E-state index in [1.54, 1.807) is 0 Å². The Hall–Kier alpha value is -0.300. The third kappa shape index (κ3) is 1.34. The van der Waals surface area contributed by atoms with Crippen molar-refractivity contribution in [2.24, 2.45) is 17.3 Å². The van der Waals surface area contributed by atoms with Crippen LogP contribution in [0.3, 0.4) is 0 Å². The first-order chi connectivity index (χ1) is 6.35. The van der Waals surface area contributed by atoms with Crippen molar-refractivity contribution < 1.29 is 5.11 Å². The molecule has 0 aliphatic heterocycles. The van der Waals surface area contributed by atoms with Gasteiger partial charge in [-0.3, -0.25) is 0 Å². The summed E-state index contributed by atoms with van der Waals surface area (Å²) < 4.78 is 0. The number of allylic oxidation sites excluding steroid dienone is 1. The highest BCUT2D eigenvalue weighted by molar-refractivity contribution is 5.12. The van der Waals surface area contributed by atoms with Crippen molar-refractivity contribution in [2.75, 3.05) is 6.61 Å². The van der Waals surface area contributed by atoms with E-state index in [0.717, 1.165) is 12.3 Å². The lowest BCUT2D eigenvalue weighted by Gasteiger charge is -2.23. The molecular formula is C12H20O. The Labute approximate surface area is 80.8 Å². The molecule has 13 heavy (non-hydrogen) atoms. The number of aliphatic hydroxyl groups is 1. The van der Waals surface area contributed by atoms with E-state index in [9.17, 15) is 5.11 Å². The number of aliphatic hydroxyl groups excluding tert-OH is 1. The SMILES string of the molecule is C=CC[C@H]1[C@H](CO)C12CCCCC2. The van der Waals surface area contributed by atoms with Gasteiger partial charge >= 0.3 is 0 Å². The maximum absolute atomic E-state index is 9.29. The molecular weight excluding hydrogens is 160 g/mol. The van der Waals surface area contributed by atoms with Crippen LogP contribution in [0.4, 0.5) is 0 Å². The molecule has 74 valence electrons. The summed E-state index contributed by atoms with van der Waals surface area (Å²) in [7, 11) is 0. The molecule has 2 aliphatic carbocycles. The van der Waals surface area contributed by atoms with Crippen molar-refractivity contribution >= 4 is 0 Å². The maximum Gasteiger partial charge on any atom is 0.0467 e. The van der Waals surface area contributed by atoms with Crippen LogP contribution in [0.15, 0.2) is 12.7 Å². The first-order valence-electron chi connectivity index (χ1n) is 5.57. The van der Waals surface area contributed by atoms with Gasteiger partial charge < -0.3 is 5.11 Å².